The normalized spacial score (nSPS) is 13.7. The lowest BCUT2D eigenvalue weighted by atomic mass is 10.1. The summed E-state index contributed by atoms with van der Waals surface area (Å²) in [6.45, 7) is 5.99. The highest BCUT2D eigenvalue weighted by Crippen LogP contribution is 2.31. The summed E-state index contributed by atoms with van der Waals surface area (Å²) in [5.41, 5.74) is 3.81. The molecule has 3 aromatic rings. The van der Waals surface area contributed by atoms with Crippen molar-refractivity contribution in [3.8, 4) is 17.3 Å². The van der Waals surface area contributed by atoms with Crippen LogP contribution < -0.4 is 0 Å². The number of ether oxygens (including phenoxy) is 1. The molecule has 2 aromatic heterocycles. The molecule has 0 saturated carbocycles. The van der Waals surface area contributed by atoms with Crippen LogP contribution in [0.2, 0.25) is 5.02 Å². The fourth-order valence-corrected chi connectivity index (χ4v) is 4.34. The highest BCUT2D eigenvalue weighted by atomic mass is 35.5. The minimum Gasteiger partial charge on any atom is -0.449 e. The quantitative estimate of drug-likeness (QED) is 0.553. The van der Waals surface area contributed by atoms with Gasteiger partial charge >= 0.3 is 6.09 Å². The Morgan fingerprint density at radius 1 is 1.15 bits per heavy atom. The zero-order valence-corrected chi connectivity index (χ0v) is 20.2. The molecule has 2 amide bonds. The molecule has 8 nitrogen and oxygen atoms in total. The van der Waals surface area contributed by atoms with E-state index in [0.717, 1.165) is 17.5 Å². The first-order valence-electron chi connectivity index (χ1n) is 11.2. The summed E-state index contributed by atoms with van der Waals surface area (Å²) in [5.74, 6) is -0.125. The lowest BCUT2D eigenvalue weighted by molar-refractivity contribution is 0.0560. The maximum absolute atomic E-state index is 13.2. The second kappa shape index (κ2) is 9.74. The van der Waals surface area contributed by atoms with Crippen molar-refractivity contribution in [2.75, 3.05) is 32.8 Å². The number of carbonyl (C=O) groups excluding carboxylic acids is 2. The van der Waals surface area contributed by atoms with Crippen LogP contribution in [0.1, 0.15) is 35.1 Å². The number of hydrogen-bond donors (Lipinski definition) is 0. The predicted molar refractivity (Wildman–Crippen MR) is 130 cm³/mol. The third-order valence-electron chi connectivity index (χ3n) is 6.12. The number of benzene rings is 1. The maximum Gasteiger partial charge on any atom is 0.409 e. The summed E-state index contributed by atoms with van der Waals surface area (Å²) in [6.07, 6.45) is 0.437. The van der Waals surface area contributed by atoms with Crippen molar-refractivity contribution in [1.82, 2.24) is 19.4 Å². The number of aromatic nitrogens is 2. The van der Waals surface area contributed by atoms with E-state index in [1.807, 2.05) is 31.5 Å². The Morgan fingerprint density at radius 2 is 1.85 bits per heavy atom. The van der Waals surface area contributed by atoms with E-state index in [-0.39, 0.29) is 12.0 Å². The number of fused-ring (bicyclic) bond motifs is 1. The highest BCUT2D eigenvalue weighted by molar-refractivity contribution is 6.35. The van der Waals surface area contributed by atoms with Gasteiger partial charge in [-0.05, 0) is 37.6 Å². The van der Waals surface area contributed by atoms with E-state index in [9.17, 15) is 14.9 Å². The van der Waals surface area contributed by atoms with Gasteiger partial charge in [0, 0.05) is 55.4 Å². The van der Waals surface area contributed by atoms with Crippen molar-refractivity contribution < 1.29 is 14.3 Å². The molecule has 0 atom stereocenters. The van der Waals surface area contributed by atoms with Crippen molar-refractivity contribution in [1.29, 1.82) is 5.26 Å². The van der Waals surface area contributed by atoms with Gasteiger partial charge in [0.2, 0.25) is 0 Å². The van der Waals surface area contributed by atoms with E-state index in [4.69, 9.17) is 21.3 Å². The minimum atomic E-state index is -0.334. The summed E-state index contributed by atoms with van der Waals surface area (Å²) in [7, 11) is 1.83. The zero-order valence-electron chi connectivity index (χ0n) is 19.5. The molecular formula is C25H26ClN5O3. The van der Waals surface area contributed by atoms with Gasteiger partial charge in [-0.3, -0.25) is 4.79 Å². The van der Waals surface area contributed by atoms with E-state index in [1.165, 1.54) is 0 Å². The Labute approximate surface area is 203 Å². The first-order valence-corrected chi connectivity index (χ1v) is 11.6. The average Bonchev–Trinajstić information content (AvgIpc) is 3.15. The fourth-order valence-electron chi connectivity index (χ4n) is 4.07. The predicted octanol–water partition coefficient (Wildman–Crippen LogP) is 4.38. The second-order valence-corrected chi connectivity index (χ2v) is 8.74. The van der Waals surface area contributed by atoms with Crippen LogP contribution in [-0.4, -0.2) is 64.1 Å². The second-order valence-electron chi connectivity index (χ2n) is 8.33. The van der Waals surface area contributed by atoms with Gasteiger partial charge in [0.15, 0.2) is 0 Å². The Kier molecular flexibility index (Phi) is 6.75. The number of amides is 2. The molecule has 3 heterocycles. The first-order chi connectivity index (χ1) is 16.3. The zero-order chi connectivity index (χ0) is 24.4. The van der Waals surface area contributed by atoms with Gasteiger partial charge in [-0.2, -0.15) is 5.26 Å². The first kappa shape index (κ1) is 23.6. The molecule has 1 aliphatic heterocycles. The lowest BCUT2D eigenvalue weighted by Crippen LogP contribution is -2.50. The lowest BCUT2D eigenvalue weighted by Gasteiger charge is -2.34. The Bertz CT molecular complexity index is 1300. The van der Waals surface area contributed by atoms with Crippen LogP contribution in [0.3, 0.4) is 0 Å². The molecular weight excluding hydrogens is 454 g/mol. The molecule has 176 valence electrons. The number of rotatable bonds is 4. The van der Waals surface area contributed by atoms with E-state index in [1.54, 1.807) is 34.1 Å². The standard InChI is InChI=1S/C25H26ClN5O3/c1-4-11-34-25(33)31-9-7-30(8-10-31)24(32)17-5-6-18-20(26)14-22(28-21(18)13-17)19-12-16(2)29(3)23(19)15-27/h5-6,12-14H,4,7-11H2,1-3H3. The van der Waals surface area contributed by atoms with E-state index < -0.39 is 0 Å². The van der Waals surface area contributed by atoms with Crippen molar-refractivity contribution in [2.24, 2.45) is 7.05 Å². The molecule has 0 aliphatic carbocycles. The molecule has 1 aromatic carbocycles. The number of piperazine rings is 1. The van der Waals surface area contributed by atoms with Crippen LogP contribution >= 0.6 is 11.6 Å². The Hall–Kier alpha value is -3.57. The third-order valence-corrected chi connectivity index (χ3v) is 6.43. The largest absolute Gasteiger partial charge is 0.449 e. The van der Waals surface area contributed by atoms with E-state index in [2.05, 4.69) is 6.07 Å². The van der Waals surface area contributed by atoms with E-state index in [0.29, 0.717) is 65.8 Å². The molecule has 1 fully saturated rings. The van der Waals surface area contributed by atoms with Gasteiger partial charge in [0.1, 0.15) is 11.8 Å². The molecule has 0 unspecified atom stereocenters. The minimum absolute atomic E-state index is 0.125. The van der Waals surface area contributed by atoms with Crippen LogP contribution in [0.5, 0.6) is 0 Å². The molecule has 0 bridgehead atoms. The molecule has 0 radical (unpaired) electrons. The van der Waals surface area contributed by atoms with Crippen LogP contribution in [0, 0.1) is 18.3 Å². The molecule has 9 heteroatoms. The molecule has 4 rings (SSSR count). The number of hydrogen-bond acceptors (Lipinski definition) is 5. The summed E-state index contributed by atoms with van der Waals surface area (Å²) in [4.78, 5) is 33.3. The molecule has 1 saturated heterocycles. The molecule has 1 aliphatic rings. The van der Waals surface area contributed by atoms with Crippen molar-refractivity contribution >= 4 is 34.5 Å². The Balaban J connectivity index is 1.58. The van der Waals surface area contributed by atoms with Crippen molar-refractivity contribution in [3.63, 3.8) is 0 Å². The Morgan fingerprint density at radius 3 is 2.53 bits per heavy atom. The highest BCUT2D eigenvalue weighted by Gasteiger charge is 2.26. The number of pyridine rings is 1. The number of nitriles is 1. The monoisotopic (exact) mass is 479 g/mol. The summed E-state index contributed by atoms with van der Waals surface area (Å²) in [5, 5.41) is 10.8. The van der Waals surface area contributed by atoms with E-state index >= 15 is 0 Å². The summed E-state index contributed by atoms with van der Waals surface area (Å²) in [6, 6.07) is 11.2. The van der Waals surface area contributed by atoms with Gasteiger partial charge in [-0.25, -0.2) is 9.78 Å². The van der Waals surface area contributed by atoms with Gasteiger partial charge in [-0.1, -0.05) is 24.6 Å². The molecule has 34 heavy (non-hydrogen) atoms. The van der Waals surface area contributed by atoms with Crippen LogP contribution in [0.4, 0.5) is 4.79 Å². The van der Waals surface area contributed by atoms with Crippen LogP contribution in [0.25, 0.3) is 22.2 Å². The summed E-state index contributed by atoms with van der Waals surface area (Å²) < 4.78 is 7.00. The van der Waals surface area contributed by atoms with Gasteiger partial charge in [0.05, 0.1) is 22.8 Å². The third kappa shape index (κ3) is 4.44. The smallest absolute Gasteiger partial charge is 0.409 e. The van der Waals surface area contributed by atoms with Gasteiger partial charge < -0.3 is 19.1 Å². The number of aryl methyl sites for hydroxylation is 1. The average molecular weight is 480 g/mol. The summed E-state index contributed by atoms with van der Waals surface area (Å²) >= 11 is 6.54. The SMILES string of the molecule is CCCOC(=O)N1CCN(C(=O)c2ccc3c(Cl)cc(-c4cc(C)n(C)c4C#N)nc3c2)CC1. The number of halogens is 1. The van der Waals surface area contributed by atoms with Crippen molar-refractivity contribution in [2.45, 2.75) is 20.3 Å². The van der Waals surface area contributed by atoms with Gasteiger partial charge in [0.25, 0.3) is 5.91 Å². The number of carbonyl (C=O) groups is 2. The van der Waals surface area contributed by atoms with Crippen LogP contribution in [-0.2, 0) is 11.8 Å². The topological polar surface area (TPSA) is 91.5 Å². The molecule has 0 spiro atoms. The molecule has 0 N–H and O–H groups in total. The fraction of sp³-hybridized carbons (Fsp3) is 0.360. The maximum atomic E-state index is 13.2. The van der Waals surface area contributed by atoms with Crippen molar-refractivity contribution in [3.05, 3.63) is 52.3 Å². The van der Waals surface area contributed by atoms with Gasteiger partial charge in [-0.15, -0.1) is 0 Å². The number of nitrogens with zero attached hydrogens (tertiary/aromatic N) is 5. The van der Waals surface area contributed by atoms with Crippen LogP contribution in [0.15, 0.2) is 30.3 Å².